The van der Waals surface area contributed by atoms with Crippen molar-refractivity contribution in [3.8, 4) is 0 Å². The molecule has 2 aliphatic rings. The lowest BCUT2D eigenvalue weighted by Crippen LogP contribution is -2.36. The molecule has 1 fully saturated rings. The molecule has 1 aliphatic heterocycles. The van der Waals surface area contributed by atoms with Crippen molar-refractivity contribution in [2.24, 2.45) is 5.92 Å². The van der Waals surface area contributed by atoms with Crippen LogP contribution in [0.3, 0.4) is 0 Å². The van der Waals surface area contributed by atoms with Gasteiger partial charge in [0.1, 0.15) is 0 Å². The molecule has 1 heterocycles. The van der Waals surface area contributed by atoms with Crippen LogP contribution in [0.4, 0.5) is 5.69 Å². The molecule has 1 aromatic rings. The Morgan fingerprint density at radius 1 is 1.24 bits per heavy atom. The lowest BCUT2D eigenvalue weighted by molar-refractivity contribution is 0.385. The molecule has 2 unspecified atom stereocenters. The van der Waals surface area contributed by atoms with Gasteiger partial charge in [0.05, 0.1) is 0 Å². The fourth-order valence-electron chi connectivity index (χ4n) is 4.27. The zero-order chi connectivity index (χ0) is 14.7. The molecule has 1 aliphatic carbocycles. The second-order valence-corrected chi connectivity index (χ2v) is 6.87. The lowest BCUT2D eigenvalue weighted by atomic mass is 9.96. The minimum atomic E-state index is 0.775. The first-order valence-electron chi connectivity index (χ1n) is 8.86. The van der Waals surface area contributed by atoms with Gasteiger partial charge in [-0.05, 0) is 63.1 Å². The monoisotopic (exact) mass is 286 g/mol. The summed E-state index contributed by atoms with van der Waals surface area (Å²) in [6.45, 7) is 8.04. The van der Waals surface area contributed by atoms with Crippen LogP contribution in [0.2, 0.25) is 0 Å². The van der Waals surface area contributed by atoms with Crippen molar-refractivity contribution in [2.75, 3.05) is 24.5 Å². The first-order valence-corrected chi connectivity index (χ1v) is 8.86. The van der Waals surface area contributed by atoms with Gasteiger partial charge in [-0.15, -0.1) is 0 Å². The predicted octanol–water partition coefficient (Wildman–Crippen LogP) is 3.92. The van der Waals surface area contributed by atoms with E-state index in [1.54, 1.807) is 5.56 Å². The second kappa shape index (κ2) is 6.83. The first kappa shape index (κ1) is 14.9. The quantitative estimate of drug-likeness (QED) is 0.882. The second-order valence-electron chi connectivity index (χ2n) is 6.87. The molecule has 2 nitrogen and oxygen atoms in total. The zero-order valence-electron chi connectivity index (χ0n) is 13.7. The van der Waals surface area contributed by atoms with E-state index in [0.717, 1.165) is 18.5 Å². The fourth-order valence-corrected chi connectivity index (χ4v) is 4.27. The molecule has 0 bridgehead atoms. The van der Waals surface area contributed by atoms with Crippen molar-refractivity contribution >= 4 is 5.69 Å². The van der Waals surface area contributed by atoms with Crippen LogP contribution >= 0.6 is 0 Å². The number of anilines is 1. The van der Waals surface area contributed by atoms with Crippen LogP contribution in [0.1, 0.15) is 50.2 Å². The summed E-state index contributed by atoms with van der Waals surface area (Å²) in [5.74, 6) is 0.890. The van der Waals surface area contributed by atoms with E-state index >= 15 is 0 Å². The van der Waals surface area contributed by atoms with E-state index in [2.05, 4.69) is 42.3 Å². The minimum absolute atomic E-state index is 0.775. The third-order valence-corrected chi connectivity index (χ3v) is 5.35. The fraction of sp³-hybridized carbons (Fsp3) is 0.684. The number of rotatable bonds is 5. The number of nitrogens with one attached hydrogen (secondary N) is 1. The first-order chi connectivity index (χ1) is 10.3. The Morgan fingerprint density at radius 3 is 3.00 bits per heavy atom. The van der Waals surface area contributed by atoms with E-state index in [1.165, 1.54) is 62.9 Å². The minimum Gasteiger partial charge on any atom is -0.371 e. The molecule has 1 saturated carbocycles. The Morgan fingerprint density at radius 2 is 2.14 bits per heavy atom. The summed E-state index contributed by atoms with van der Waals surface area (Å²) < 4.78 is 0. The average molecular weight is 286 g/mol. The topological polar surface area (TPSA) is 15.3 Å². The SMILES string of the molecule is CCNC1CCCC1CCN1CCCc2cc(C)ccc21. The van der Waals surface area contributed by atoms with Crippen LogP contribution < -0.4 is 10.2 Å². The Labute approximate surface area is 129 Å². The molecule has 116 valence electrons. The maximum absolute atomic E-state index is 3.69. The summed E-state index contributed by atoms with van der Waals surface area (Å²) in [5.41, 5.74) is 4.47. The van der Waals surface area contributed by atoms with E-state index < -0.39 is 0 Å². The highest BCUT2D eigenvalue weighted by molar-refractivity contribution is 5.56. The molecule has 3 rings (SSSR count). The molecule has 1 N–H and O–H groups in total. The van der Waals surface area contributed by atoms with Crippen LogP contribution in [-0.4, -0.2) is 25.7 Å². The molecule has 0 radical (unpaired) electrons. The van der Waals surface area contributed by atoms with Crippen LogP contribution in [-0.2, 0) is 6.42 Å². The van der Waals surface area contributed by atoms with Crippen molar-refractivity contribution in [2.45, 2.75) is 58.4 Å². The molecular formula is C19H30N2. The summed E-state index contributed by atoms with van der Waals surface area (Å²) in [4.78, 5) is 2.64. The van der Waals surface area contributed by atoms with Crippen molar-refractivity contribution in [1.29, 1.82) is 0 Å². The number of nitrogens with zero attached hydrogens (tertiary/aromatic N) is 1. The van der Waals surface area contributed by atoms with Gasteiger partial charge in [-0.1, -0.05) is 31.0 Å². The van der Waals surface area contributed by atoms with Crippen LogP contribution in [0.5, 0.6) is 0 Å². The third kappa shape index (κ3) is 3.42. The number of aryl methyl sites for hydroxylation is 2. The molecule has 2 heteroatoms. The number of hydrogen-bond donors (Lipinski definition) is 1. The van der Waals surface area contributed by atoms with E-state index in [1.807, 2.05) is 0 Å². The maximum atomic E-state index is 3.69. The Bertz CT molecular complexity index is 469. The van der Waals surface area contributed by atoms with Gasteiger partial charge in [-0.2, -0.15) is 0 Å². The Balaban J connectivity index is 1.61. The summed E-state index contributed by atoms with van der Waals surface area (Å²) in [5, 5.41) is 3.69. The van der Waals surface area contributed by atoms with Crippen LogP contribution in [0.25, 0.3) is 0 Å². The molecule has 0 spiro atoms. The molecule has 0 aromatic heterocycles. The van der Waals surface area contributed by atoms with Gasteiger partial charge in [0, 0.05) is 24.8 Å². The third-order valence-electron chi connectivity index (χ3n) is 5.35. The number of benzene rings is 1. The summed E-state index contributed by atoms with van der Waals surface area (Å²) in [6, 6.07) is 7.78. The summed E-state index contributed by atoms with van der Waals surface area (Å²) in [7, 11) is 0. The highest BCUT2D eigenvalue weighted by atomic mass is 15.1. The van der Waals surface area contributed by atoms with Crippen molar-refractivity contribution in [3.63, 3.8) is 0 Å². The lowest BCUT2D eigenvalue weighted by Gasteiger charge is -2.33. The van der Waals surface area contributed by atoms with E-state index in [4.69, 9.17) is 0 Å². The Hall–Kier alpha value is -1.02. The molecule has 2 atom stereocenters. The summed E-state index contributed by atoms with van der Waals surface area (Å²) >= 11 is 0. The number of hydrogen-bond acceptors (Lipinski definition) is 2. The largest absolute Gasteiger partial charge is 0.371 e. The Kier molecular flexibility index (Phi) is 4.84. The van der Waals surface area contributed by atoms with Gasteiger partial charge in [0.2, 0.25) is 0 Å². The zero-order valence-corrected chi connectivity index (χ0v) is 13.7. The highest BCUT2D eigenvalue weighted by Gasteiger charge is 2.27. The molecular weight excluding hydrogens is 256 g/mol. The average Bonchev–Trinajstić information content (AvgIpc) is 2.92. The summed E-state index contributed by atoms with van der Waals surface area (Å²) in [6.07, 6.45) is 8.15. The van der Waals surface area contributed by atoms with Crippen LogP contribution in [0, 0.1) is 12.8 Å². The van der Waals surface area contributed by atoms with Gasteiger partial charge >= 0.3 is 0 Å². The standard InChI is InChI=1S/C19H30N2/c1-3-20-18-8-4-6-16(18)11-13-21-12-5-7-17-14-15(2)9-10-19(17)21/h9-10,14,16,18,20H,3-8,11-13H2,1-2H3. The van der Waals surface area contributed by atoms with Gasteiger partial charge in [0.25, 0.3) is 0 Å². The van der Waals surface area contributed by atoms with Crippen LogP contribution in [0.15, 0.2) is 18.2 Å². The normalized spacial score (nSPS) is 25.1. The highest BCUT2D eigenvalue weighted by Crippen LogP contribution is 2.32. The van der Waals surface area contributed by atoms with Gasteiger partial charge < -0.3 is 10.2 Å². The van der Waals surface area contributed by atoms with Crippen molar-refractivity contribution in [3.05, 3.63) is 29.3 Å². The number of fused-ring (bicyclic) bond motifs is 1. The van der Waals surface area contributed by atoms with E-state index in [9.17, 15) is 0 Å². The molecule has 21 heavy (non-hydrogen) atoms. The van der Waals surface area contributed by atoms with Crippen molar-refractivity contribution in [1.82, 2.24) is 5.32 Å². The van der Waals surface area contributed by atoms with E-state index in [-0.39, 0.29) is 0 Å². The van der Waals surface area contributed by atoms with Gasteiger partial charge in [-0.25, -0.2) is 0 Å². The predicted molar refractivity (Wildman–Crippen MR) is 91.1 cm³/mol. The maximum Gasteiger partial charge on any atom is 0.0398 e. The van der Waals surface area contributed by atoms with Gasteiger partial charge in [0.15, 0.2) is 0 Å². The van der Waals surface area contributed by atoms with E-state index in [0.29, 0.717) is 0 Å². The molecule has 1 aromatic carbocycles. The molecule has 0 amide bonds. The van der Waals surface area contributed by atoms with Gasteiger partial charge in [-0.3, -0.25) is 0 Å². The smallest absolute Gasteiger partial charge is 0.0398 e. The molecule has 0 saturated heterocycles. The van der Waals surface area contributed by atoms with Crippen molar-refractivity contribution < 1.29 is 0 Å².